The van der Waals surface area contributed by atoms with Gasteiger partial charge in [-0.3, -0.25) is 9.59 Å². The first-order valence-electron chi connectivity index (χ1n) is 7.97. The topological polar surface area (TPSA) is 108 Å². The lowest BCUT2D eigenvalue weighted by Crippen LogP contribution is -2.47. The summed E-state index contributed by atoms with van der Waals surface area (Å²) >= 11 is 0. The van der Waals surface area contributed by atoms with Gasteiger partial charge >= 0.3 is 0 Å². The summed E-state index contributed by atoms with van der Waals surface area (Å²) in [6.07, 6.45) is 1.71. The molecule has 2 N–H and O–H groups in total. The Morgan fingerprint density at radius 1 is 1.28 bits per heavy atom. The van der Waals surface area contributed by atoms with Crippen LogP contribution in [-0.4, -0.2) is 29.4 Å². The normalized spacial score (nSPS) is 11.6. The molecule has 2 amide bonds. The van der Waals surface area contributed by atoms with Crippen LogP contribution < -0.4 is 10.6 Å². The van der Waals surface area contributed by atoms with Crippen molar-refractivity contribution in [2.45, 2.75) is 26.3 Å². The van der Waals surface area contributed by atoms with E-state index in [2.05, 4.69) is 15.6 Å². The number of rotatable bonds is 7. The molecule has 25 heavy (non-hydrogen) atoms. The molecule has 0 aliphatic carbocycles. The largest absolute Gasteiger partial charge is 0.444 e. The quantitative estimate of drug-likeness (QED) is 0.751. The summed E-state index contributed by atoms with van der Waals surface area (Å²) in [6.45, 7) is 3.78. The molecule has 0 radical (unpaired) electrons. The molecule has 1 atom stereocenters. The van der Waals surface area contributed by atoms with E-state index in [1.165, 1.54) is 6.26 Å². The van der Waals surface area contributed by atoms with Crippen LogP contribution in [0.25, 0.3) is 11.5 Å². The van der Waals surface area contributed by atoms with Crippen LogP contribution in [0.5, 0.6) is 0 Å². The highest BCUT2D eigenvalue weighted by Crippen LogP contribution is 2.18. The molecule has 1 heterocycles. The van der Waals surface area contributed by atoms with Crippen LogP contribution in [0.15, 0.2) is 41.0 Å². The van der Waals surface area contributed by atoms with Gasteiger partial charge in [0.05, 0.1) is 6.07 Å². The summed E-state index contributed by atoms with van der Waals surface area (Å²) in [6, 6.07) is 10.3. The summed E-state index contributed by atoms with van der Waals surface area (Å²) in [5, 5.41) is 13.7. The van der Waals surface area contributed by atoms with Gasteiger partial charge in [-0.2, -0.15) is 5.26 Å². The van der Waals surface area contributed by atoms with Gasteiger partial charge in [-0.05, 0) is 24.5 Å². The Bertz CT molecular complexity index is 762. The maximum Gasteiger partial charge on any atom is 0.273 e. The van der Waals surface area contributed by atoms with Crippen LogP contribution >= 0.6 is 0 Å². The minimum Gasteiger partial charge on any atom is -0.444 e. The van der Waals surface area contributed by atoms with Gasteiger partial charge in [0.25, 0.3) is 5.91 Å². The fourth-order valence-electron chi connectivity index (χ4n) is 2.28. The minimum atomic E-state index is -0.738. The van der Waals surface area contributed by atoms with Gasteiger partial charge in [0.15, 0.2) is 5.69 Å². The Hall–Kier alpha value is -3.14. The molecule has 0 bridgehead atoms. The zero-order valence-electron chi connectivity index (χ0n) is 14.2. The highest BCUT2D eigenvalue weighted by atomic mass is 16.3. The summed E-state index contributed by atoms with van der Waals surface area (Å²) in [4.78, 5) is 28.7. The molecule has 0 aliphatic rings. The second kappa shape index (κ2) is 8.64. The lowest BCUT2D eigenvalue weighted by atomic mass is 10.0. The van der Waals surface area contributed by atoms with Crippen molar-refractivity contribution < 1.29 is 14.0 Å². The summed E-state index contributed by atoms with van der Waals surface area (Å²) in [7, 11) is 0. The van der Waals surface area contributed by atoms with Gasteiger partial charge in [0, 0.05) is 5.56 Å². The molecule has 0 saturated carbocycles. The monoisotopic (exact) mass is 340 g/mol. The highest BCUT2D eigenvalue weighted by Gasteiger charge is 2.24. The van der Waals surface area contributed by atoms with Gasteiger partial charge in [0.1, 0.15) is 18.8 Å². The van der Waals surface area contributed by atoms with Gasteiger partial charge in [-0.25, -0.2) is 4.98 Å². The van der Waals surface area contributed by atoms with Gasteiger partial charge in [-0.1, -0.05) is 32.0 Å². The average molecular weight is 340 g/mol. The van der Waals surface area contributed by atoms with Crippen LogP contribution in [0.2, 0.25) is 0 Å². The number of hydrogen-bond donors (Lipinski definition) is 2. The van der Waals surface area contributed by atoms with Crippen molar-refractivity contribution in [2.75, 3.05) is 6.54 Å². The van der Waals surface area contributed by atoms with E-state index in [0.717, 1.165) is 5.56 Å². The van der Waals surface area contributed by atoms with E-state index in [4.69, 9.17) is 9.68 Å². The molecule has 0 aliphatic heterocycles. The van der Waals surface area contributed by atoms with Crippen molar-refractivity contribution in [2.24, 2.45) is 5.92 Å². The second-order valence-corrected chi connectivity index (χ2v) is 5.94. The molecule has 2 aromatic rings. The molecule has 0 fully saturated rings. The highest BCUT2D eigenvalue weighted by molar-refractivity contribution is 5.96. The fraction of sp³-hybridized carbons (Fsp3) is 0.333. The summed E-state index contributed by atoms with van der Waals surface area (Å²) in [5.41, 5.74) is 0.854. The second-order valence-electron chi connectivity index (χ2n) is 5.94. The minimum absolute atomic E-state index is 0.0979. The van der Waals surface area contributed by atoms with E-state index in [9.17, 15) is 9.59 Å². The number of nitrogens with zero attached hydrogens (tertiary/aromatic N) is 2. The van der Waals surface area contributed by atoms with E-state index < -0.39 is 17.9 Å². The van der Waals surface area contributed by atoms with E-state index in [0.29, 0.717) is 12.3 Å². The lowest BCUT2D eigenvalue weighted by Gasteiger charge is -2.18. The Morgan fingerprint density at radius 3 is 2.64 bits per heavy atom. The fourth-order valence-corrected chi connectivity index (χ4v) is 2.28. The third-order valence-corrected chi connectivity index (χ3v) is 3.43. The summed E-state index contributed by atoms with van der Waals surface area (Å²) < 4.78 is 5.34. The number of amides is 2. The van der Waals surface area contributed by atoms with Crippen molar-refractivity contribution in [1.82, 2.24) is 15.6 Å². The third kappa shape index (κ3) is 5.18. The standard InChI is InChI=1S/C18H20N4O3/c1-12(2)10-14(16(23)20-9-8-19)21-17(24)15-11-25-18(22-15)13-6-4-3-5-7-13/h3-7,11-12,14H,9-10H2,1-2H3,(H,20,23)(H,21,24)/t14-/m0/s1. The Morgan fingerprint density at radius 2 is 2.00 bits per heavy atom. The molecule has 130 valence electrons. The van der Waals surface area contributed by atoms with Crippen LogP contribution in [0.4, 0.5) is 0 Å². The number of carbonyl (C=O) groups is 2. The van der Waals surface area contributed by atoms with Crippen molar-refractivity contribution in [3.63, 3.8) is 0 Å². The van der Waals surface area contributed by atoms with Crippen LogP contribution in [0.1, 0.15) is 30.8 Å². The molecular weight excluding hydrogens is 320 g/mol. The Labute approximate surface area is 146 Å². The number of nitrogens with one attached hydrogen (secondary N) is 2. The molecule has 0 unspecified atom stereocenters. The molecule has 0 saturated heterocycles. The Kier molecular flexibility index (Phi) is 6.29. The van der Waals surface area contributed by atoms with Gasteiger partial charge in [0.2, 0.25) is 11.8 Å². The van der Waals surface area contributed by atoms with E-state index >= 15 is 0 Å². The first-order chi connectivity index (χ1) is 12.0. The first kappa shape index (κ1) is 18.2. The average Bonchev–Trinajstić information content (AvgIpc) is 3.09. The molecule has 0 spiro atoms. The predicted octanol–water partition coefficient (Wildman–Crippen LogP) is 2.13. The zero-order chi connectivity index (χ0) is 18.2. The van der Waals surface area contributed by atoms with Gasteiger partial charge < -0.3 is 15.1 Å². The number of benzene rings is 1. The number of oxazole rings is 1. The van der Waals surface area contributed by atoms with Crippen LogP contribution in [-0.2, 0) is 4.79 Å². The summed E-state index contributed by atoms with van der Waals surface area (Å²) in [5.74, 6) is -0.366. The maximum absolute atomic E-state index is 12.4. The van der Waals surface area contributed by atoms with Crippen molar-refractivity contribution >= 4 is 11.8 Å². The van der Waals surface area contributed by atoms with Crippen molar-refractivity contribution in [3.8, 4) is 17.5 Å². The predicted molar refractivity (Wildman–Crippen MR) is 91.3 cm³/mol. The van der Waals surface area contributed by atoms with E-state index in [1.807, 2.05) is 50.2 Å². The smallest absolute Gasteiger partial charge is 0.273 e. The van der Waals surface area contributed by atoms with Crippen LogP contribution in [0, 0.1) is 17.2 Å². The zero-order valence-corrected chi connectivity index (χ0v) is 14.2. The molecule has 2 rings (SSSR count). The maximum atomic E-state index is 12.4. The molecule has 1 aromatic heterocycles. The first-order valence-corrected chi connectivity index (χ1v) is 7.97. The molecule has 7 nitrogen and oxygen atoms in total. The lowest BCUT2D eigenvalue weighted by molar-refractivity contribution is -0.123. The van der Waals surface area contributed by atoms with E-state index in [-0.39, 0.29) is 18.2 Å². The van der Waals surface area contributed by atoms with Gasteiger partial charge in [-0.15, -0.1) is 0 Å². The van der Waals surface area contributed by atoms with Crippen LogP contribution in [0.3, 0.4) is 0 Å². The SMILES string of the molecule is CC(C)C[C@H](NC(=O)c1coc(-c2ccccc2)n1)C(=O)NCC#N. The van der Waals surface area contributed by atoms with Crippen molar-refractivity contribution in [1.29, 1.82) is 5.26 Å². The Balaban J connectivity index is 2.09. The van der Waals surface area contributed by atoms with E-state index in [1.54, 1.807) is 0 Å². The van der Waals surface area contributed by atoms with Crippen molar-refractivity contribution in [3.05, 3.63) is 42.3 Å². The number of carbonyl (C=O) groups excluding carboxylic acids is 2. The molecule has 1 aromatic carbocycles. The number of hydrogen-bond acceptors (Lipinski definition) is 5. The number of nitriles is 1. The molecule has 7 heteroatoms. The number of aromatic nitrogens is 1. The third-order valence-electron chi connectivity index (χ3n) is 3.43. The molecular formula is C18H20N4O3.